The van der Waals surface area contributed by atoms with Gasteiger partial charge in [-0.1, -0.05) is 35.9 Å². The number of sulfonamides is 1. The van der Waals surface area contributed by atoms with Gasteiger partial charge in [0.2, 0.25) is 10.0 Å². The third-order valence-corrected chi connectivity index (χ3v) is 5.38. The molecule has 0 unspecified atom stereocenters. The molecule has 0 fully saturated rings. The van der Waals surface area contributed by atoms with Gasteiger partial charge in [-0.25, -0.2) is 13.1 Å². The van der Waals surface area contributed by atoms with Gasteiger partial charge in [-0.05, 0) is 29.8 Å². The van der Waals surface area contributed by atoms with Crippen molar-refractivity contribution >= 4 is 33.8 Å². The Morgan fingerprint density at radius 3 is 2.48 bits per heavy atom. The van der Waals surface area contributed by atoms with Crippen molar-refractivity contribution in [2.24, 2.45) is 0 Å². The van der Waals surface area contributed by atoms with E-state index < -0.39 is 22.9 Å². The van der Waals surface area contributed by atoms with Crippen LogP contribution >= 0.6 is 11.6 Å². The molecule has 0 aromatic heterocycles. The van der Waals surface area contributed by atoms with Crippen LogP contribution in [0.3, 0.4) is 0 Å². The monoisotopic (exact) mass is 354 g/mol. The standard InChI is InChI=1S/C14H14BClNO5S/c16-10-5-7-11(8-6-10)23(20,21)17-9-14-12-3-1-2-4-13(12)15(18,19)22-14/h1-8,14,17-19H,9H2/q-1/t14-/m1/s1. The van der Waals surface area contributed by atoms with Gasteiger partial charge in [0.25, 0.3) is 0 Å². The Bertz CT molecular complexity index is 825. The van der Waals surface area contributed by atoms with Gasteiger partial charge in [0.1, 0.15) is 0 Å². The average molecular weight is 355 g/mol. The van der Waals surface area contributed by atoms with Crippen LogP contribution < -0.4 is 10.2 Å². The van der Waals surface area contributed by atoms with Gasteiger partial charge in [0.15, 0.2) is 0 Å². The molecule has 2 aromatic carbocycles. The van der Waals surface area contributed by atoms with Gasteiger partial charge in [-0.2, -0.15) is 0 Å². The zero-order chi connectivity index (χ0) is 16.7. The largest absolute Gasteiger partial charge is 0.556 e. The summed E-state index contributed by atoms with van der Waals surface area (Å²) in [4.78, 5) is 0.0675. The van der Waals surface area contributed by atoms with Crippen molar-refractivity contribution in [1.82, 2.24) is 4.72 Å². The van der Waals surface area contributed by atoms with Crippen molar-refractivity contribution in [3.8, 4) is 0 Å². The molecule has 3 N–H and O–H groups in total. The molecule has 1 aliphatic heterocycles. The summed E-state index contributed by atoms with van der Waals surface area (Å²) in [5, 5.41) is 20.2. The molecule has 3 rings (SSSR count). The van der Waals surface area contributed by atoms with Gasteiger partial charge in [-0.15, -0.1) is 5.46 Å². The van der Waals surface area contributed by atoms with E-state index in [2.05, 4.69) is 4.72 Å². The van der Waals surface area contributed by atoms with Crippen molar-refractivity contribution in [2.45, 2.75) is 11.0 Å². The minimum absolute atomic E-state index is 0.0675. The summed E-state index contributed by atoms with van der Waals surface area (Å²) in [7, 11) is -3.75. The summed E-state index contributed by atoms with van der Waals surface area (Å²) in [6, 6.07) is 12.3. The SMILES string of the molecule is O=S(=O)(NC[C@H]1O[B-](O)(O)c2ccccc21)c1ccc(Cl)cc1. The van der Waals surface area contributed by atoms with Crippen LogP contribution in [0.5, 0.6) is 0 Å². The van der Waals surface area contributed by atoms with E-state index >= 15 is 0 Å². The van der Waals surface area contributed by atoms with Crippen molar-refractivity contribution in [3.05, 3.63) is 59.1 Å². The molecule has 2 aromatic rings. The lowest BCUT2D eigenvalue weighted by molar-refractivity contribution is 0.119. The summed E-state index contributed by atoms with van der Waals surface area (Å²) < 4.78 is 32.1. The highest BCUT2D eigenvalue weighted by molar-refractivity contribution is 7.89. The average Bonchev–Trinajstić information content (AvgIpc) is 2.78. The fraction of sp³-hybridized carbons (Fsp3) is 0.143. The highest BCUT2D eigenvalue weighted by Crippen LogP contribution is 2.27. The molecule has 122 valence electrons. The van der Waals surface area contributed by atoms with Crippen LogP contribution in [-0.2, 0) is 14.7 Å². The molecule has 0 bridgehead atoms. The Morgan fingerprint density at radius 2 is 1.78 bits per heavy atom. The van der Waals surface area contributed by atoms with Crippen molar-refractivity contribution in [3.63, 3.8) is 0 Å². The molecular formula is C14H14BClNO5S-. The first-order valence-corrected chi connectivity index (χ1v) is 8.77. The molecule has 9 heteroatoms. The smallest absolute Gasteiger partial charge is 0.405 e. The molecule has 23 heavy (non-hydrogen) atoms. The molecule has 1 heterocycles. The fourth-order valence-electron chi connectivity index (χ4n) is 2.56. The fourth-order valence-corrected chi connectivity index (χ4v) is 3.72. The first-order valence-electron chi connectivity index (χ1n) is 6.91. The van der Waals surface area contributed by atoms with Crippen LogP contribution in [0.25, 0.3) is 0 Å². The van der Waals surface area contributed by atoms with Crippen LogP contribution in [0.4, 0.5) is 0 Å². The van der Waals surface area contributed by atoms with Gasteiger partial charge in [0, 0.05) is 11.6 Å². The second-order valence-electron chi connectivity index (χ2n) is 5.26. The van der Waals surface area contributed by atoms with E-state index in [0.717, 1.165) is 0 Å². The van der Waals surface area contributed by atoms with Gasteiger partial charge < -0.3 is 14.7 Å². The van der Waals surface area contributed by atoms with Crippen LogP contribution in [0.1, 0.15) is 11.7 Å². The van der Waals surface area contributed by atoms with E-state index in [4.69, 9.17) is 16.3 Å². The van der Waals surface area contributed by atoms with Gasteiger partial charge >= 0.3 is 6.75 Å². The molecular weight excluding hydrogens is 340 g/mol. The Hall–Kier alpha value is -1.42. The highest BCUT2D eigenvalue weighted by Gasteiger charge is 2.37. The van der Waals surface area contributed by atoms with E-state index in [1.165, 1.54) is 24.3 Å². The minimum atomic E-state index is -3.75. The maximum atomic E-state index is 12.2. The molecule has 0 spiro atoms. The third kappa shape index (κ3) is 3.28. The van der Waals surface area contributed by atoms with Gasteiger partial charge in [-0.3, -0.25) is 0 Å². The maximum Gasteiger partial charge on any atom is 0.405 e. The number of halogens is 1. The molecule has 1 aliphatic rings. The summed E-state index contributed by atoms with van der Waals surface area (Å²) in [6.45, 7) is -3.23. The molecule has 6 nitrogen and oxygen atoms in total. The Morgan fingerprint density at radius 1 is 1.13 bits per heavy atom. The summed E-state index contributed by atoms with van der Waals surface area (Å²) in [5.41, 5.74) is 0.819. The van der Waals surface area contributed by atoms with E-state index in [9.17, 15) is 18.5 Å². The number of hydrogen-bond acceptors (Lipinski definition) is 5. The molecule has 0 radical (unpaired) electrons. The molecule has 0 amide bonds. The predicted octanol–water partition coefficient (Wildman–Crippen LogP) is 0.520. The predicted molar refractivity (Wildman–Crippen MR) is 86.7 cm³/mol. The van der Waals surface area contributed by atoms with Crippen LogP contribution in [0.2, 0.25) is 5.02 Å². The Kier molecular flexibility index (Phi) is 4.22. The second kappa shape index (κ2) is 5.90. The normalized spacial score (nSPS) is 19.5. The third-order valence-electron chi connectivity index (χ3n) is 3.68. The van der Waals surface area contributed by atoms with Crippen LogP contribution in [0.15, 0.2) is 53.4 Å². The van der Waals surface area contributed by atoms with Crippen molar-refractivity contribution < 1.29 is 23.1 Å². The summed E-state index contributed by atoms with van der Waals surface area (Å²) in [5.74, 6) is 0. The topological polar surface area (TPSA) is 95.9 Å². The lowest BCUT2D eigenvalue weighted by Crippen LogP contribution is -2.47. The number of hydrogen-bond donors (Lipinski definition) is 3. The summed E-state index contributed by atoms with van der Waals surface area (Å²) in [6.07, 6.45) is -0.775. The zero-order valence-corrected chi connectivity index (χ0v) is 13.5. The van der Waals surface area contributed by atoms with E-state index in [0.29, 0.717) is 10.6 Å². The first-order chi connectivity index (χ1) is 10.8. The second-order valence-corrected chi connectivity index (χ2v) is 7.47. The van der Waals surface area contributed by atoms with Crippen LogP contribution in [0, 0.1) is 0 Å². The lowest BCUT2D eigenvalue weighted by atomic mass is 9.71. The Labute approximate surface area is 138 Å². The number of fused-ring (bicyclic) bond motifs is 1. The van der Waals surface area contributed by atoms with E-state index in [1.54, 1.807) is 24.3 Å². The quantitative estimate of drug-likeness (QED) is 0.696. The van der Waals surface area contributed by atoms with Crippen molar-refractivity contribution in [2.75, 3.05) is 6.54 Å². The molecule has 0 saturated heterocycles. The maximum absolute atomic E-state index is 12.2. The van der Waals surface area contributed by atoms with E-state index in [1.807, 2.05) is 0 Å². The van der Waals surface area contributed by atoms with E-state index in [-0.39, 0.29) is 16.9 Å². The zero-order valence-electron chi connectivity index (χ0n) is 11.9. The van der Waals surface area contributed by atoms with Gasteiger partial charge in [0.05, 0.1) is 11.0 Å². The summed E-state index contributed by atoms with van der Waals surface area (Å²) >= 11 is 5.74. The number of nitrogens with one attached hydrogen (secondary N) is 1. The highest BCUT2D eigenvalue weighted by atomic mass is 35.5. The Balaban J connectivity index is 1.78. The van der Waals surface area contributed by atoms with Crippen LogP contribution in [-0.4, -0.2) is 31.8 Å². The minimum Gasteiger partial charge on any atom is -0.556 e. The first kappa shape index (κ1) is 16.4. The number of benzene rings is 2. The molecule has 0 aliphatic carbocycles. The lowest BCUT2D eigenvalue weighted by Gasteiger charge is -2.25. The molecule has 1 atom stereocenters. The molecule has 0 saturated carbocycles. The number of rotatable bonds is 4. The van der Waals surface area contributed by atoms with Crippen molar-refractivity contribution in [1.29, 1.82) is 0 Å².